The van der Waals surface area contributed by atoms with Gasteiger partial charge >= 0.3 is 5.97 Å². The van der Waals surface area contributed by atoms with Crippen LogP contribution in [0.5, 0.6) is 0 Å². The summed E-state index contributed by atoms with van der Waals surface area (Å²) in [5.41, 5.74) is 1.17. The fourth-order valence-corrected chi connectivity index (χ4v) is 4.07. The number of hydrogen-bond donors (Lipinski definition) is 1. The first kappa shape index (κ1) is 15.8. The van der Waals surface area contributed by atoms with Crippen LogP contribution in [0.4, 0.5) is 0 Å². The van der Waals surface area contributed by atoms with Crippen molar-refractivity contribution in [3.8, 4) is 0 Å². The van der Waals surface area contributed by atoms with Gasteiger partial charge in [-0.2, -0.15) is 5.10 Å². The van der Waals surface area contributed by atoms with Gasteiger partial charge in [-0.05, 0) is 36.4 Å². The second kappa shape index (κ2) is 6.68. The second-order valence-corrected chi connectivity index (χ2v) is 6.99. The minimum atomic E-state index is -0.503. The number of benzene rings is 1. The quantitative estimate of drug-likeness (QED) is 0.730. The Balaban J connectivity index is 1.40. The van der Waals surface area contributed by atoms with Crippen molar-refractivity contribution >= 4 is 34.1 Å². The van der Waals surface area contributed by atoms with Gasteiger partial charge < -0.3 is 9.64 Å². The van der Waals surface area contributed by atoms with Crippen LogP contribution in [-0.4, -0.2) is 40.1 Å². The molecule has 0 bridgehead atoms. The van der Waals surface area contributed by atoms with Crippen LogP contribution >= 0.6 is 11.3 Å². The molecule has 1 amide bonds. The van der Waals surface area contributed by atoms with Crippen LogP contribution in [0.3, 0.4) is 0 Å². The van der Waals surface area contributed by atoms with Gasteiger partial charge in [-0.1, -0.05) is 12.1 Å². The molecule has 25 heavy (non-hydrogen) atoms. The summed E-state index contributed by atoms with van der Waals surface area (Å²) in [4.78, 5) is 27.7. The summed E-state index contributed by atoms with van der Waals surface area (Å²) < 4.78 is 5.23. The molecular weight excluding hydrogens is 338 g/mol. The van der Waals surface area contributed by atoms with Crippen LogP contribution < -0.4 is 0 Å². The number of likely N-dealkylation sites (tertiary alicyclic amines) is 1. The molecule has 0 spiro atoms. The topological polar surface area (TPSA) is 75.3 Å². The second-order valence-electron chi connectivity index (χ2n) is 6.01. The van der Waals surface area contributed by atoms with E-state index in [9.17, 15) is 9.59 Å². The molecular formula is C18H17N3O3S. The van der Waals surface area contributed by atoms with Crippen LogP contribution in [-0.2, 0) is 9.53 Å². The lowest BCUT2D eigenvalue weighted by Gasteiger charge is -2.23. The maximum Gasteiger partial charge on any atom is 0.338 e. The Labute approximate surface area is 148 Å². The van der Waals surface area contributed by atoms with Gasteiger partial charge in [-0.15, -0.1) is 11.3 Å². The maximum atomic E-state index is 12.5. The molecule has 128 valence electrons. The Bertz CT molecular complexity index is 903. The van der Waals surface area contributed by atoms with E-state index in [4.69, 9.17) is 4.74 Å². The SMILES string of the molecule is O=C(OCC(=O)N1CCCC1c1cccs1)c1ccc2cn[nH]c2c1. The number of rotatable bonds is 4. The molecule has 3 aromatic rings. The highest BCUT2D eigenvalue weighted by Crippen LogP contribution is 2.34. The summed E-state index contributed by atoms with van der Waals surface area (Å²) in [6, 6.07) is 9.30. The van der Waals surface area contributed by atoms with E-state index >= 15 is 0 Å². The molecule has 2 aromatic heterocycles. The monoisotopic (exact) mass is 355 g/mol. The highest BCUT2D eigenvalue weighted by Gasteiger charge is 2.31. The Morgan fingerprint density at radius 2 is 2.28 bits per heavy atom. The molecule has 1 saturated heterocycles. The Kier molecular flexibility index (Phi) is 4.23. The molecule has 1 aliphatic rings. The molecule has 1 N–H and O–H groups in total. The summed E-state index contributed by atoms with van der Waals surface area (Å²) in [5.74, 6) is -0.649. The van der Waals surface area contributed by atoms with E-state index in [1.165, 1.54) is 4.88 Å². The van der Waals surface area contributed by atoms with E-state index in [2.05, 4.69) is 10.2 Å². The van der Waals surface area contributed by atoms with Gasteiger partial charge in [0, 0.05) is 16.8 Å². The molecule has 1 atom stereocenters. The smallest absolute Gasteiger partial charge is 0.338 e. The van der Waals surface area contributed by atoms with E-state index < -0.39 is 5.97 Å². The Morgan fingerprint density at radius 1 is 1.36 bits per heavy atom. The third-order valence-electron chi connectivity index (χ3n) is 4.45. The summed E-state index contributed by atoms with van der Waals surface area (Å²) in [6.45, 7) is 0.473. The normalized spacial score (nSPS) is 17.1. The first-order valence-electron chi connectivity index (χ1n) is 8.15. The number of carbonyl (C=O) groups is 2. The summed E-state index contributed by atoms with van der Waals surface area (Å²) >= 11 is 1.65. The number of H-pyrrole nitrogens is 1. The minimum absolute atomic E-state index is 0.104. The minimum Gasteiger partial charge on any atom is -0.452 e. The van der Waals surface area contributed by atoms with Crippen molar-refractivity contribution in [2.75, 3.05) is 13.2 Å². The lowest BCUT2D eigenvalue weighted by molar-refractivity contribution is -0.135. The summed E-state index contributed by atoms with van der Waals surface area (Å²) in [5, 5.41) is 9.67. The summed E-state index contributed by atoms with van der Waals surface area (Å²) in [6.07, 6.45) is 3.61. The highest BCUT2D eigenvalue weighted by atomic mass is 32.1. The molecule has 1 aliphatic heterocycles. The van der Waals surface area contributed by atoms with E-state index in [0.29, 0.717) is 12.1 Å². The van der Waals surface area contributed by atoms with Crippen LogP contribution in [0.15, 0.2) is 41.9 Å². The van der Waals surface area contributed by atoms with Crippen molar-refractivity contribution in [1.29, 1.82) is 0 Å². The van der Waals surface area contributed by atoms with Crippen molar-refractivity contribution in [2.24, 2.45) is 0 Å². The van der Waals surface area contributed by atoms with E-state index in [-0.39, 0.29) is 18.6 Å². The number of nitrogens with one attached hydrogen (secondary N) is 1. The van der Waals surface area contributed by atoms with E-state index in [0.717, 1.165) is 23.7 Å². The van der Waals surface area contributed by atoms with E-state index in [1.54, 1.807) is 35.7 Å². The number of thiophene rings is 1. The molecule has 1 unspecified atom stereocenters. The van der Waals surface area contributed by atoms with Crippen LogP contribution in [0.1, 0.15) is 34.1 Å². The van der Waals surface area contributed by atoms with Gasteiger partial charge in [0.1, 0.15) is 0 Å². The molecule has 0 aliphatic carbocycles. The van der Waals surface area contributed by atoms with Crippen LogP contribution in [0, 0.1) is 0 Å². The first-order valence-corrected chi connectivity index (χ1v) is 9.03. The van der Waals surface area contributed by atoms with Crippen molar-refractivity contribution in [3.63, 3.8) is 0 Å². The van der Waals surface area contributed by atoms with Crippen molar-refractivity contribution in [1.82, 2.24) is 15.1 Å². The zero-order valence-electron chi connectivity index (χ0n) is 13.5. The molecule has 4 rings (SSSR count). The van der Waals surface area contributed by atoms with Gasteiger partial charge in [0.15, 0.2) is 6.61 Å². The van der Waals surface area contributed by atoms with Gasteiger partial charge in [0.05, 0.1) is 23.3 Å². The zero-order valence-corrected chi connectivity index (χ0v) is 14.3. The number of fused-ring (bicyclic) bond motifs is 1. The molecule has 6 nitrogen and oxygen atoms in total. The van der Waals surface area contributed by atoms with Crippen molar-refractivity contribution < 1.29 is 14.3 Å². The molecule has 3 heterocycles. The number of aromatic amines is 1. The largest absolute Gasteiger partial charge is 0.452 e. The number of carbonyl (C=O) groups excluding carboxylic acids is 2. The van der Waals surface area contributed by atoms with Gasteiger partial charge in [-0.3, -0.25) is 9.89 Å². The van der Waals surface area contributed by atoms with Crippen molar-refractivity contribution in [2.45, 2.75) is 18.9 Å². The lowest BCUT2D eigenvalue weighted by atomic mass is 10.2. The average Bonchev–Trinajstić information content (AvgIpc) is 3.38. The number of esters is 1. The fourth-order valence-electron chi connectivity index (χ4n) is 3.20. The Hall–Kier alpha value is -2.67. The molecule has 0 radical (unpaired) electrons. The molecule has 1 aromatic carbocycles. The van der Waals surface area contributed by atoms with Gasteiger partial charge in [0.25, 0.3) is 5.91 Å². The lowest BCUT2D eigenvalue weighted by Crippen LogP contribution is -2.34. The van der Waals surface area contributed by atoms with Gasteiger partial charge in [0.2, 0.25) is 0 Å². The molecule has 0 saturated carbocycles. The average molecular weight is 355 g/mol. The number of nitrogens with zero attached hydrogens (tertiary/aromatic N) is 2. The fraction of sp³-hybridized carbons (Fsp3) is 0.278. The summed E-state index contributed by atoms with van der Waals surface area (Å²) in [7, 11) is 0. The van der Waals surface area contributed by atoms with Gasteiger partial charge in [-0.25, -0.2) is 4.79 Å². The van der Waals surface area contributed by atoms with Crippen LogP contribution in [0.25, 0.3) is 10.9 Å². The third-order valence-corrected chi connectivity index (χ3v) is 5.42. The third kappa shape index (κ3) is 3.15. The maximum absolute atomic E-state index is 12.5. The number of ether oxygens (including phenoxy) is 1. The van der Waals surface area contributed by atoms with E-state index in [1.807, 2.05) is 22.4 Å². The predicted octanol–water partition coefficient (Wildman–Crippen LogP) is 3.14. The van der Waals surface area contributed by atoms with Crippen LogP contribution in [0.2, 0.25) is 0 Å². The predicted molar refractivity (Wildman–Crippen MR) is 94.4 cm³/mol. The first-order chi connectivity index (χ1) is 12.2. The number of aromatic nitrogens is 2. The standard InChI is InChI=1S/C18H17N3O3S/c22-17(21-7-1-3-15(21)16-4-2-8-25-16)11-24-18(23)12-5-6-13-10-19-20-14(13)9-12/h2,4-6,8-10,15H,1,3,7,11H2,(H,19,20). The Morgan fingerprint density at radius 3 is 3.12 bits per heavy atom. The number of amides is 1. The molecule has 1 fully saturated rings. The number of hydrogen-bond acceptors (Lipinski definition) is 5. The zero-order chi connectivity index (χ0) is 17.2. The highest BCUT2D eigenvalue weighted by molar-refractivity contribution is 7.10. The molecule has 7 heteroatoms. The van der Waals surface area contributed by atoms with Crippen molar-refractivity contribution in [3.05, 3.63) is 52.3 Å².